The van der Waals surface area contributed by atoms with Gasteiger partial charge in [-0.15, -0.1) is 0 Å². The average Bonchev–Trinajstić information content (AvgIpc) is 2.70. The van der Waals surface area contributed by atoms with E-state index in [9.17, 15) is 19.8 Å². The van der Waals surface area contributed by atoms with E-state index in [2.05, 4.69) is 10.6 Å². The van der Waals surface area contributed by atoms with E-state index in [0.29, 0.717) is 28.5 Å². The van der Waals surface area contributed by atoms with E-state index < -0.39 is 11.9 Å². The third kappa shape index (κ3) is 4.04. The van der Waals surface area contributed by atoms with Crippen molar-refractivity contribution >= 4 is 34.7 Å². The molecule has 0 heterocycles. The van der Waals surface area contributed by atoms with Gasteiger partial charge in [0.1, 0.15) is 5.75 Å². The fourth-order valence-electron chi connectivity index (χ4n) is 2.71. The van der Waals surface area contributed by atoms with Crippen molar-refractivity contribution in [1.82, 2.24) is 0 Å². The van der Waals surface area contributed by atoms with Gasteiger partial charge in [-0.1, -0.05) is 24.3 Å². The minimum Gasteiger partial charge on any atom is -0.497 e. The number of rotatable bonds is 7. The number of ether oxygens (including phenoxy) is 1. The summed E-state index contributed by atoms with van der Waals surface area (Å²) < 4.78 is 5.09. The van der Waals surface area contributed by atoms with Gasteiger partial charge in [0.2, 0.25) is 0 Å². The monoisotopic (exact) mass is 378 g/mol. The largest absolute Gasteiger partial charge is 0.497 e. The molecule has 7 nitrogen and oxygen atoms in total. The number of carboxylic acid groups (broad SMARTS) is 2. The molecular formula is C21H18N2O5. The van der Waals surface area contributed by atoms with Gasteiger partial charge < -0.3 is 25.6 Å². The molecule has 0 bridgehead atoms. The van der Waals surface area contributed by atoms with E-state index in [0.717, 1.165) is 0 Å². The third-order valence-electron chi connectivity index (χ3n) is 4.08. The summed E-state index contributed by atoms with van der Waals surface area (Å²) in [5.74, 6) is -1.70. The first-order valence-corrected chi connectivity index (χ1v) is 8.36. The van der Waals surface area contributed by atoms with Gasteiger partial charge in [-0.05, 0) is 42.5 Å². The van der Waals surface area contributed by atoms with Crippen molar-refractivity contribution in [1.29, 1.82) is 0 Å². The maximum absolute atomic E-state index is 11.6. The SMILES string of the molecule is COc1ccc(Nc2ccccc2Nc2ccccc2C(=O)O)c(C(=O)O)c1. The van der Waals surface area contributed by atoms with Crippen LogP contribution in [-0.4, -0.2) is 29.3 Å². The Hall–Kier alpha value is -4.00. The zero-order chi connectivity index (χ0) is 20.1. The standard InChI is InChI=1S/C21H18N2O5/c1-28-13-10-11-17(15(12-13)21(26)27)23-19-9-5-4-8-18(19)22-16-7-3-2-6-14(16)20(24)25/h2-12,22-23H,1H3,(H,24,25)(H,26,27). The maximum Gasteiger partial charge on any atom is 0.337 e. The highest BCUT2D eigenvalue weighted by Crippen LogP contribution is 2.32. The van der Waals surface area contributed by atoms with Crippen molar-refractivity contribution in [2.45, 2.75) is 0 Å². The zero-order valence-electron chi connectivity index (χ0n) is 15.0. The molecule has 0 aliphatic carbocycles. The maximum atomic E-state index is 11.6. The summed E-state index contributed by atoms with van der Waals surface area (Å²) in [6, 6.07) is 18.4. The van der Waals surface area contributed by atoms with Crippen molar-refractivity contribution in [2.24, 2.45) is 0 Å². The van der Waals surface area contributed by atoms with Crippen LogP contribution in [0.3, 0.4) is 0 Å². The summed E-state index contributed by atoms with van der Waals surface area (Å²) in [5.41, 5.74) is 2.19. The molecule has 0 saturated heterocycles. The van der Waals surface area contributed by atoms with Gasteiger partial charge in [0, 0.05) is 0 Å². The van der Waals surface area contributed by atoms with Crippen LogP contribution in [0.2, 0.25) is 0 Å². The summed E-state index contributed by atoms with van der Waals surface area (Å²) in [4.78, 5) is 23.0. The summed E-state index contributed by atoms with van der Waals surface area (Å²) >= 11 is 0. The minimum atomic E-state index is -1.09. The van der Waals surface area contributed by atoms with E-state index in [1.54, 1.807) is 54.6 Å². The first kappa shape index (κ1) is 18.8. The van der Waals surface area contributed by atoms with Gasteiger partial charge in [-0.2, -0.15) is 0 Å². The lowest BCUT2D eigenvalue weighted by Gasteiger charge is -2.16. The van der Waals surface area contributed by atoms with Gasteiger partial charge in [0.25, 0.3) is 0 Å². The number of carboxylic acids is 2. The number of anilines is 4. The Bertz CT molecular complexity index is 1030. The van der Waals surface area contributed by atoms with Gasteiger partial charge in [0.15, 0.2) is 0 Å². The van der Waals surface area contributed by atoms with Crippen LogP contribution in [0.5, 0.6) is 5.75 Å². The van der Waals surface area contributed by atoms with E-state index in [1.807, 2.05) is 0 Å². The molecule has 0 saturated carbocycles. The Balaban J connectivity index is 1.97. The number of para-hydroxylation sites is 3. The number of benzene rings is 3. The molecule has 0 spiro atoms. The predicted molar refractivity (Wildman–Crippen MR) is 106 cm³/mol. The van der Waals surface area contributed by atoms with Crippen molar-refractivity contribution in [2.75, 3.05) is 17.7 Å². The van der Waals surface area contributed by atoms with Gasteiger partial charge >= 0.3 is 11.9 Å². The minimum absolute atomic E-state index is 0.0556. The van der Waals surface area contributed by atoms with Crippen LogP contribution in [-0.2, 0) is 0 Å². The highest BCUT2D eigenvalue weighted by Gasteiger charge is 2.14. The molecule has 0 radical (unpaired) electrons. The van der Waals surface area contributed by atoms with E-state index in [4.69, 9.17) is 4.74 Å². The summed E-state index contributed by atoms with van der Waals surface area (Å²) in [5, 5.41) is 25.0. The zero-order valence-corrected chi connectivity index (χ0v) is 15.0. The molecule has 0 atom stereocenters. The van der Waals surface area contributed by atoms with Crippen LogP contribution in [0.15, 0.2) is 66.7 Å². The molecule has 7 heteroatoms. The van der Waals surface area contributed by atoms with Gasteiger partial charge in [0.05, 0.1) is 41.0 Å². The molecule has 0 aliphatic rings. The first-order valence-electron chi connectivity index (χ1n) is 8.36. The average molecular weight is 378 g/mol. The van der Waals surface area contributed by atoms with Crippen molar-refractivity contribution in [3.8, 4) is 5.75 Å². The Kier molecular flexibility index (Phi) is 5.45. The highest BCUT2D eigenvalue weighted by atomic mass is 16.5. The Labute approximate surface area is 161 Å². The molecule has 4 N–H and O–H groups in total. The normalized spacial score (nSPS) is 10.2. The molecule has 3 aromatic carbocycles. The molecule has 28 heavy (non-hydrogen) atoms. The molecule has 0 aromatic heterocycles. The topological polar surface area (TPSA) is 108 Å². The number of hydrogen-bond donors (Lipinski definition) is 4. The second-order valence-corrected chi connectivity index (χ2v) is 5.86. The smallest absolute Gasteiger partial charge is 0.337 e. The summed E-state index contributed by atoms with van der Waals surface area (Å²) in [6.45, 7) is 0. The Morgan fingerprint density at radius 2 is 1.21 bits per heavy atom. The van der Waals surface area contributed by atoms with Crippen LogP contribution in [0.1, 0.15) is 20.7 Å². The molecular weight excluding hydrogens is 360 g/mol. The Morgan fingerprint density at radius 3 is 1.75 bits per heavy atom. The number of carbonyl (C=O) groups is 2. The lowest BCUT2D eigenvalue weighted by Crippen LogP contribution is -2.06. The quantitative estimate of drug-likeness (QED) is 0.477. The number of aromatic carboxylic acids is 2. The predicted octanol–water partition coefficient (Wildman–Crippen LogP) is 4.58. The van der Waals surface area contributed by atoms with Gasteiger partial charge in [-0.25, -0.2) is 9.59 Å². The highest BCUT2D eigenvalue weighted by molar-refractivity contribution is 5.98. The fourth-order valence-corrected chi connectivity index (χ4v) is 2.71. The van der Waals surface area contributed by atoms with E-state index in [1.165, 1.54) is 19.2 Å². The third-order valence-corrected chi connectivity index (χ3v) is 4.08. The molecule has 3 aromatic rings. The first-order chi connectivity index (χ1) is 13.5. The van der Waals surface area contributed by atoms with Crippen molar-refractivity contribution < 1.29 is 24.5 Å². The van der Waals surface area contributed by atoms with Crippen LogP contribution < -0.4 is 15.4 Å². The number of methoxy groups -OCH3 is 1. The lowest BCUT2D eigenvalue weighted by atomic mass is 10.1. The molecule has 0 aliphatic heterocycles. The van der Waals surface area contributed by atoms with Crippen LogP contribution in [0.25, 0.3) is 0 Å². The van der Waals surface area contributed by atoms with Gasteiger partial charge in [-0.3, -0.25) is 0 Å². The summed E-state index contributed by atoms with van der Waals surface area (Å²) in [7, 11) is 1.47. The van der Waals surface area contributed by atoms with Crippen molar-refractivity contribution in [3.05, 3.63) is 77.9 Å². The van der Waals surface area contributed by atoms with Crippen LogP contribution >= 0.6 is 0 Å². The molecule has 3 rings (SSSR count). The van der Waals surface area contributed by atoms with Crippen LogP contribution in [0, 0.1) is 0 Å². The second kappa shape index (κ2) is 8.13. The number of hydrogen-bond acceptors (Lipinski definition) is 5. The Morgan fingerprint density at radius 1 is 0.714 bits per heavy atom. The fraction of sp³-hybridized carbons (Fsp3) is 0.0476. The van der Waals surface area contributed by atoms with Crippen LogP contribution in [0.4, 0.5) is 22.7 Å². The summed E-state index contributed by atoms with van der Waals surface area (Å²) in [6.07, 6.45) is 0. The molecule has 0 unspecified atom stereocenters. The van der Waals surface area contributed by atoms with E-state index in [-0.39, 0.29) is 11.1 Å². The van der Waals surface area contributed by atoms with E-state index >= 15 is 0 Å². The lowest BCUT2D eigenvalue weighted by molar-refractivity contribution is 0.0687. The van der Waals surface area contributed by atoms with Crippen molar-refractivity contribution in [3.63, 3.8) is 0 Å². The number of nitrogens with one attached hydrogen (secondary N) is 2. The second-order valence-electron chi connectivity index (χ2n) is 5.86. The molecule has 142 valence electrons. The molecule has 0 amide bonds. The molecule has 0 fully saturated rings.